The van der Waals surface area contributed by atoms with Gasteiger partial charge < -0.3 is 14.5 Å². The van der Waals surface area contributed by atoms with Gasteiger partial charge in [-0.3, -0.25) is 4.98 Å². The van der Waals surface area contributed by atoms with Gasteiger partial charge in [0.05, 0.1) is 6.26 Å². The first kappa shape index (κ1) is 17.3. The number of nitrogens with one attached hydrogen (secondary N) is 1. The van der Waals surface area contributed by atoms with Crippen molar-refractivity contribution in [3.63, 3.8) is 0 Å². The van der Waals surface area contributed by atoms with Crippen LogP contribution in [0.1, 0.15) is 32.1 Å². The average molecular weight is 362 g/mol. The molecule has 5 nitrogen and oxygen atoms in total. The van der Waals surface area contributed by atoms with Crippen molar-refractivity contribution in [3.05, 3.63) is 61.1 Å². The number of nitrogens with zero attached hydrogens (tertiary/aromatic N) is 1. The van der Waals surface area contributed by atoms with Gasteiger partial charge in [-0.15, -0.1) is 0 Å². The highest BCUT2D eigenvalue weighted by Crippen LogP contribution is 2.28. The third-order valence-electron chi connectivity index (χ3n) is 4.85. The van der Waals surface area contributed by atoms with Crippen LogP contribution in [0.4, 0.5) is 4.79 Å². The smallest absolute Gasteiger partial charge is 0.412 e. The highest BCUT2D eigenvalue weighted by molar-refractivity contribution is 5.73. The number of ether oxygens (including phenoxy) is 1. The second kappa shape index (κ2) is 8.08. The van der Waals surface area contributed by atoms with Gasteiger partial charge in [-0.25, -0.2) is 4.79 Å². The normalized spacial score (nSPS) is 14.7. The highest BCUT2D eigenvalue weighted by atomic mass is 16.6. The maximum Gasteiger partial charge on any atom is 0.412 e. The van der Waals surface area contributed by atoms with Gasteiger partial charge in [0.2, 0.25) is 0 Å². The Bertz CT molecular complexity index is 899. The van der Waals surface area contributed by atoms with Crippen LogP contribution in [0.15, 0.2) is 65.5 Å². The third kappa shape index (κ3) is 4.37. The molecule has 1 aliphatic carbocycles. The van der Waals surface area contributed by atoms with Crippen molar-refractivity contribution in [1.82, 2.24) is 10.3 Å². The summed E-state index contributed by atoms with van der Waals surface area (Å²) in [5, 5.41) is 2.97. The molecule has 0 atom stereocenters. The van der Waals surface area contributed by atoms with E-state index < -0.39 is 0 Å². The number of rotatable bonds is 4. The molecule has 0 radical (unpaired) electrons. The number of hydrogen-bond donors (Lipinski definition) is 1. The Kier molecular flexibility index (Phi) is 5.19. The minimum absolute atomic E-state index is 0.226. The molecule has 5 heteroatoms. The molecule has 27 heavy (non-hydrogen) atoms. The number of hydrogen-bond acceptors (Lipinski definition) is 4. The maximum atomic E-state index is 12.2. The molecule has 4 rings (SSSR count). The average Bonchev–Trinajstić information content (AvgIpc) is 3.24. The van der Waals surface area contributed by atoms with E-state index in [1.165, 1.54) is 19.3 Å². The predicted molar refractivity (Wildman–Crippen MR) is 103 cm³/mol. The lowest BCUT2D eigenvalue weighted by atomic mass is 9.96. The first-order valence-corrected chi connectivity index (χ1v) is 9.36. The van der Waals surface area contributed by atoms with Gasteiger partial charge in [0.1, 0.15) is 11.5 Å². The fourth-order valence-electron chi connectivity index (χ4n) is 3.46. The van der Waals surface area contributed by atoms with Crippen molar-refractivity contribution >= 4 is 6.09 Å². The molecule has 0 spiro atoms. The number of amides is 1. The van der Waals surface area contributed by atoms with Crippen LogP contribution < -0.4 is 10.1 Å². The monoisotopic (exact) mass is 362 g/mol. The highest BCUT2D eigenvalue weighted by Gasteiger charge is 2.17. The second-order valence-electron chi connectivity index (χ2n) is 6.84. The van der Waals surface area contributed by atoms with Crippen molar-refractivity contribution in [2.24, 2.45) is 0 Å². The van der Waals surface area contributed by atoms with E-state index in [0.717, 1.165) is 35.3 Å². The summed E-state index contributed by atoms with van der Waals surface area (Å²) in [7, 11) is 0. The number of pyridine rings is 1. The topological polar surface area (TPSA) is 64.4 Å². The molecule has 3 aromatic rings. The summed E-state index contributed by atoms with van der Waals surface area (Å²) in [6.45, 7) is 0. The Balaban J connectivity index is 1.47. The molecular formula is C22H22N2O3. The first-order chi connectivity index (χ1) is 13.3. The number of aromatic nitrogens is 1. The second-order valence-corrected chi connectivity index (χ2v) is 6.84. The predicted octanol–water partition coefficient (Wildman–Crippen LogP) is 5.43. The quantitative estimate of drug-likeness (QED) is 0.672. The maximum absolute atomic E-state index is 12.2. The van der Waals surface area contributed by atoms with Gasteiger partial charge in [-0.05, 0) is 48.7 Å². The molecule has 0 unspecified atom stereocenters. The van der Waals surface area contributed by atoms with Gasteiger partial charge in [0.25, 0.3) is 0 Å². The van der Waals surface area contributed by atoms with Crippen molar-refractivity contribution in [1.29, 1.82) is 0 Å². The van der Waals surface area contributed by atoms with E-state index in [4.69, 9.17) is 9.15 Å². The Morgan fingerprint density at radius 2 is 1.85 bits per heavy atom. The van der Waals surface area contributed by atoms with E-state index in [-0.39, 0.29) is 12.1 Å². The van der Waals surface area contributed by atoms with E-state index >= 15 is 0 Å². The number of benzene rings is 1. The summed E-state index contributed by atoms with van der Waals surface area (Å²) in [6.07, 6.45) is 10.4. The lowest BCUT2D eigenvalue weighted by molar-refractivity contribution is 0.192. The number of carbonyl (C=O) groups excluding carboxylic acids is 1. The Morgan fingerprint density at radius 3 is 2.67 bits per heavy atom. The third-order valence-corrected chi connectivity index (χ3v) is 4.85. The molecule has 1 aromatic carbocycles. The molecule has 0 aliphatic heterocycles. The summed E-state index contributed by atoms with van der Waals surface area (Å²) in [6, 6.07) is 13.5. The van der Waals surface area contributed by atoms with Gasteiger partial charge >= 0.3 is 6.09 Å². The van der Waals surface area contributed by atoms with E-state index in [9.17, 15) is 4.79 Å². The van der Waals surface area contributed by atoms with Crippen LogP contribution in [0, 0.1) is 0 Å². The zero-order valence-electron chi connectivity index (χ0n) is 15.1. The van der Waals surface area contributed by atoms with Crippen LogP contribution in [0.2, 0.25) is 0 Å². The Labute approximate surface area is 158 Å². The number of furan rings is 1. The van der Waals surface area contributed by atoms with Crippen LogP contribution in [-0.4, -0.2) is 17.1 Å². The fraction of sp³-hybridized carbons (Fsp3) is 0.273. The Hall–Kier alpha value is -3.08. The summed E-state index contributed by atoms with van der Waals surface area (Å²) >= 11 is 0. The van der Waals surface area contributed by atoms with Crippen LogP contribution >= 0.6 is 0 Å². The molecule has 0 bridgehead atoms. The summed E-state index contributed by atoms with van der Waals surface area (Å²) in [5.41, 5.74) is 2.76. The SMILES string of the molecule is O=C(NC1CCCCC1)Oc1cccc(-c2cncc(-c3ccco3)c2)c1. The van der Waals surface area contributed by atoms with E-state index in [1.54, 1.807) is 24.7 Å². The molecule has 1 N–H and O–H groups in total. The zero-order chi connectivity index (χ0) is 18.5. The zero-order valence-corrected chi connectivity index (χ0v) is 15.1. The van der Waals surface area contributed by atoms with E-state index in [1.807, 2.05) is 36.4 Å². The first-order valence-electron chi connectivity index (χ1n) is 9.36. The van der Waals surface area contributed by atoms with Crippen molar-refractivity contribution in [3.8, 4) is 28.2 Å². The van der Waals surface area contributed by atoms with Gasteiger partial charge in [-0.1, -0.05) is 31.4 Å². The van der Waals surface area contributed by atoms with Crippen LogP contribution in [0.5, 0.6) is 5.75 Å². The van der Waals surface area contributed by atoms with Gasteiger partial charge in [0.15, 0.2) is 0 Å². The van der Waals surface area contributed by atoms with Crippen molar-refractivity contribution in [2.45, 2.75) is 38.1 Å². The molecule has 1 aliphatic rings. The summed E-state index contributed by atoms with van der Waals surface area (Å²) in [4.78, 5) is 16.5. The molecule has 138 valence electrons. The fourth-order valence-corrected chi connectivity index (χ4v) is 3.46. The Morgan fingerprint density at radius 1 is 1.00 bits per heavy atom. The largest absolute Gasteiger partial charge is 0.464 e. The minimum Gasteiger partial charge on any atom is -0.464 e. The van der Waals surface area contributed by atoms with Gasteiger partial charge in [-0.2, -0.15) is 0 Å². The van der Waals surface area contributed by atoms with Gasteiger partial charge in [0, 0.05) is 29.6 Å². The summed E-state index contributed by atoms with van der Waals surface area (Å²) in [5.74, 6) is 1.29. The van der Waals surface area contributed by atoms with E-state index in [0.29, 0.717) is 5.75 Å². The lowest BCUT2D eigenvalue weighted by Crippen LogP contribution is -2.37. The van der Waals surface area contributed by atoms with E-state index in [2.05, 4.69) is 10.3 Å². The van der Waals surface area contributed by atoms with Crippen molar-refractivity contribution in [2.75, 3.05) is 0 Å². The molecule has 2 aromatic heterocycles. The van der Waals surface area contributed by atoms with Crippen LogP contribution in [0.25, 0.3) is 22.5 Å². The number of carbonyl (C=O) groups is 1. The standard InChI is InChI=1S/C22H22N2O3/c25-22(24-19-7-2-1-3-8-19)27-20-9-4-6-16(13-20)17-12-18(15-23-14-17)21-10-5-11-26-21/h4-6,9-15,19H,1-3,7-8H2,(H,24,25). The minimum atomic E-state index is -0.387. The molecular weight excluding hydrogens is 340 g/mol. The molecule has 1 amide bonds. The van der Waals surface area contributed by atoms with Crippen molar-refractivity contribution < 1.29 is 13.9 Å². The molecule has 0 saturated heterocycles. The molecule has 2 heterocycles. The lowest BCUT2D eigenvalue weighted by Gasteiger charge is -2.22. The molecule has 1 saturated carbocycles. The van der Waals surface area contributed by atoms with Crippen LogP contribution in [-0.2, 0) is 0 Å². The summed E-state index contributed by atoms with van der Waals surface area (Å²) < 4.78 is 10.9. The molecule has 1 fully saturated rings. The van der Waals surface area contributed by atoms with Crippen LogP contribution in [0.3, 0.4) is 0 Å².